The second-order valence-electron chi connectivity index (χ2n) is 5.57. The van der Waals surface area contributed by atoms with E-state index in [1.807, 2.05) is 13.8 Å². The maximum Gasteiger partial charge on any atom is 0.419 e. The minimum atomic E-state index is -4.65. The van der Waals surface area contributed by atoms with Gasteiger partial charge in [-0.1, -0.05) is 23.7 Å². The van der Waals surface area contributed by atoms with E-state index in [1.54, 1.807) is 24.3 Å². The Balaban J connectivity index is 2.09. The van der Waals surface area contributed by atoms with Gasteiger partial charge < -0.3 is 10.1 Å². The number of ether oxygens (including phenoxy) is 1. The van der Waals surface area contributed by atoms with Gasteiger partial charge in [0.1, 0.15) is 5.15 Å². The Labute approximate surface area is 148 Å². The highest BCUT2D eigenvalue weighted by Crippen LogP contribution is 2.34. The zero-order chi connectivity index (χ0) is 18.6. The number of amides is 1. The first-order valence-electron chi connectivity index (χ1n) is 7.41. The van der Waals surface area contributed by atoms with Gasteiger partial charge in [0.05, 0.1) is 30.2 Å². The van der Waals surface area contributed by atoms with Crippen molar-refractivity contribution in [3.63, 3.8) is 0 Å². The fraction of sp³-hybridized carbons (Fsp3) is 0.294. The Hall–Kier alpha value is -2.12. The number of benzene rings is 1. The molecule has 2 rings (SSSR count). The molecule has 0 aliphatic rings. The molecule has 0 spiro atoms. The van der Waals surface area contributed by atoms with Crippen molar-refractivity contribution >= 4 is 23.2 Å². The number of halogens is 4. The molecule has 0 aliphatic heterocycles. The zero-order valence-corrected chi connectivity index (χ0v) is 14.3. The van der Waals surface area contributed by atoms with Gasteiger partial charge in [0, 0.05) is 5.56 Å². The van der Waals surface area contributed by atoms with Gasteiger partial charge in [0.25, 0.3) is 5.91 Å². The molecule has 1 N–H and O–H groups in total. The highest BCUT2D eigenvalue weighted by molar-refractivity contribution is 6.30. The molecular weight excluding hydrogens is 357 g/mol. The van der Waals surface area contributed by atoms with Crippen LogP contribution in [0.3, 0.4) is 0 Å². The van der Waals surface area contributed by atoms with E-state index in [9.17, 15) is 18.0 Å². The number of hydrogen-bond donors (Lipinski definition) is 1. The average molecular weight is 373 g/mol. The second-order valence-corrected chi connectivity index (χ2v) is 5.93. The SMILES string of the molecule is CC(C)OCc1ccc(C(=O)Nc2cnc(Cl)c(C(F)(F)F)c2)cc1. The summed E-state index contributed by atoms with van der Waals surface area (Å²) in [5.74, 6) is -0.548. The Morgan fingerprint density at radius 3 is 2.48 bits per heavy atom. The van der Waals surface area contributed by atoms with E-state index in [4.69, 9.17) is 16.3 Å². The predicted molar refractivity (Wildman–Crippen MR) is 88.6 cm³/mol. The molecule has 0 radical (unpaired) electrons. The van der Waals surface area contributed by atoms with Crippen LogP contribution < -0.4 is 5.32 Å². The lowest BCUT2D eigenvalue weighted by Gasteiger charge is -2.11. The fourth-order valence-electron chi connectivity index (χ4n) is 1.93. The van der Waals surface area contributed by atoms with E-state index in [2.05, 4.69) is 10.3 Å². The van der Waals surface area contributed by atoms with Gasteiger partial charge in [-0.25, -0.2) is 4.98 Å². The summed E-state index contributed by atoms with van der Waals surface area (Å²) in [7, 11) is 0. The molecule has 4 nitrogen and oxygen atoms in total. The number of carbonyl (C=O) groups excluding carboxylic acids is 1. The van der Waals surface area contributed by atoms with Crippen LogP contribution in [0.4, 0.5) is 18.9 Å². The molecule has 0 atom stereocenters. The largest absolute Gasteiger partial charge is 0.419 e. The fourth-order valence-corrected chi connectivity index (χ4v) is 2.14. The standard InChI is InChI=1S/C17H16ClF3N2O2/c1-10(2)25-9-11-3-5-12(6-4-11)16(24)23-13-7-14(17(19,20)21)15(18)22-8-13/h3-8,10H,9H2,1-2H3,(H,23,24). The van der Waals surface area contributed by atoms with Crippen LogP contribution in [0.2, 0.25) is 5.15 Å². The average Bonchev–Trinajstić information content (AvgIpc) is 2.54. The van der Waals surface area contributed by atoms with Crippen molar-refractivity contribution in [1.82, 2.24) is 4.98 Å². The Kier molecular flexibility index (Phi) is 6.02. The monoisotopic (exact) mass is 372 g/mol. The number of alkyl halides is 3. The zero-order valence-electron chi connectivity index (χ0n) is 13.5. The molecule has 2 aromatic rings. The van der Waals surface area contributed by atoms with Crippen LogP contribution in [0.25, 0.3) is 0 Å². The van der Waals surface area contributed by atoms with Crippen molar-refractivity contribution < 1.29 is 22.7 Å². The highest BCUT2D eigenvalue weighted by Gasteiger charge is 2.34. The molecule has 0 bridgehead atoms. The molecule has 0 saturated heterocycles. The normalized spacial score (nSPS) is 11.6. The minimum Gasteiger partial charge on any atom is -0.374 e. The van der Waals surface area contributed by atoms with Gasteiger partial charge in [-0.2, -0.15) is 13.2 Å². The summed E-state index contributed by atoms with van der Waals surface area (Å²) in [6.45, 7) is 4.24. The van der Waals surface area contributed by atoms with Gasteiger partial charge in [-0.3, -0.25) is 4.79 Å². The molecule has 1 heterocycles. The molecule has 1 amide bonds. The number of pyridine rings is 1. The van der Waals surface area contributed by atoms with Crippen LogP contribution in [0, 0.1) is 0 Å². The lowest BCUT2D eigenvalue weighted by molar-refractivity contribution is -0.137. The Bertz CT molecular complexity index is 747. The molecule has 1 aromatic heterocycles. The Morgan fingerprint density at radius 2 is 1.92 bits per heavy atom. The number of carbonyl (C=O) groups is 1. The van der Waals surface area contributed by atoms with Gasteiger partial charge in [0.15, 0.2) is 0 Å². The van der Waals surface area contributed by atoms with E-state index >= 15 is 0 Å². The number of rotatable bonds is 5. The van der Waals surface area contributed by atoms with Crippen molar-refractivity contribution in [1.29, 1.82) is 0 Å². The van der Waals surface area contributed by atoms with E-state index in [0.717, 1.165) is 17.8 Å². The first-order valence-corrected chi connectivity index (χ1v) is 7.79. The number of anilines is 1. The van der Waals surface area contributed by atoms with Crippen molar-refractivity contribution in [3.05, 3.63) is 58.4 Å². The van der Waals surface area contributed by atoms with Crippen molar-refractivity contribution in [3.8, 4) is 0 Å². The first-order chi connectivity index (χ1) is 11.7. The summed E-state index contributed by atoms with van der Waals surface area (Å²) < 4.78 is 43.9. The number of aromatic nitrogens is 1. The lowest BCUT2D eigenvalue weighted by atomic mass is 10.1. The highest BCUT2D eigenvalue weighted by atomic mass is 35.5. The van der Waals surface area contributed by atoms with Crippen LogP contribution in [-0.2, 0) is 17.5 Å². The van der Waals surface area contributed by atoms with E-state index in [-0.39, 0.29) is 11.8 Å². The Morgan fingerprint density at radius 1 is 1.28 bits per heavy atom. The van der Waals surface area contributed by atoms with Gasteiger partial charge in [0.2, 0.25) is 0 Å². The van der Waals surface area contributed by atoms with Crippen LogP contribution in [0.15, 0.2) is 36.5 Å². The molecule has 25 heavy (non-hydrogen) atoms. The molecule has 0 unspecified atom stereocenters. The molecule has 134 valence electrons. The summed E-state index contributed by atoms with van der Waals surface area (Å²) in [5, 5.41) is 1.71. The third-order valence-corrected chi connectivity index (χ3v) is 3.50. The molecule has 0 saturated carbocycles. The number of hydrogen-bond acceptors (Lipinski definition) is 3. The minimum absolute atomic E-state index is 0.0863. The van der Waals surface area contributed by atoms with Crippen molar-refractivity contribution in [2.24, 2.45) is 0 Å². The number of nitrogens with one attached hydrogen (secondary N) is 1. The summed E-state index contributed by atoms with van der Waals surface area (Å²) >= 11 is 5.45. The van der Waals surface area contributed by atoms with Crippen LogP contribution in [-0.4, -0.2) is 17.0 Å². The maximum absolute atomic E-state index is 12.8. The predicted octanol–water partition coefficient (Wildman–Crippen LogP) is 4.93. The summed E-state index contributed by atoms with van der Waals surface area (Å²) in [5.41, 5.74) is -0.00309. The van der Waals surface area contributed by atoms with Gasteiger partial charge >= 0.3 is 6.18 Å². The van der Waals surface area contributed by atoms with Crippen LogP contribution in [0.5, 0.6) is 0 Å². The maximum atomic E-state index is 12.8. The second kappa shape index (κ2) is 7.84. The van der Waals surface area contributed by atoms with Crippen LogP contribution in [0.1, 0.15) is 35.3 Å². The quantitative estimate of drug-likeness (QED) is 0.757. The molecule has 1 aromatic carbocycles. The summed E-state index contributed by atoms with van der Waals surface area (Å²) in [4.78, 5) is 15.6. The van der Waals surface area contributed by atoms with E-state index < -0.39 is 22.8 Å². The first kappa shape index (κ1) is 19.2. The van der Waals surface area contributed by atoms with E-state index in [1.165, 1.54) is 0 Å². The van der Waals surface area contributed by atoms with Gasteiger partial charge in [-0.05, 0) is 37.6 Å². The third kappa shape index (κ3) is 5.44. The topological polar surface area (TPSA) is 51.2 Å². The lowest BCUT2D eigenvalue weighted by Crippen LogP contribution is -2.14. The van der Waals surface area contributed by atoms with E-state index in [0.29, 0.717) is 12.2 Å². The third-order valence-electron chi connectivity index (χ3n) is 3.20. The summed E-state index contributed by atoms with van der Waals surface area (Å²) in [6, 6.07) is 7.33. The number of nitrogens with zero attached hydrogens (tertiary/aromatic N) is 1. The van der Waals surface area contributed by atoms with Crippen molar-refractivity contribution in [2.45, 2.75) is 32.7 Å². The molecule has 0 fully saturated rings. The molecular formula is C17H16ClF3N2O2. The van der Waals surface area contributed by atoms with Gasteiger partial charge in [-0.15, -0.1) is 0 Å². The smallest absolute Gasteiger partial charge is 0.374 e. The van der Waals surface area contributed by atoms with Crippen molar-refractivity contribution in [2.75, 3.05) is 5.32 Å². The summed E-state index contributed by atoms with van der Waals surface area (Å²) in [6.07, 6.45) is -3.49. The molecule has 0 aliphatic carbocycles. The molecule has 8 heteroatoms. The van der Waals surface area contributed by atoms with Crippen LogP contribution >= 0.6 is 11.6 Å².